The average Bonchev–Trinajstić information content (AvgIpc) is 2.47. The first-order valence-electron chi connectivity index (χ1n) is 4.30. The number of hydrogen-bond donors (Lipinski definition) is 1. The van der Waals surface area contributed by atoms with Crippen LogP contribution in [0.1, 0.15) is 5.56 Å². The first-order valence-corrected chi connectivity index (χ1v) is 4.30. The summed E-state index contributed by atoms with van der Waals surface area (Å²) in [5.74, 6) is -0.856. The van der Waals surface area contributed by atoms with Crippen molar-refractivity contribution in [3.05, 3.63) is 30.1 Å². The van der Waals surface area contributed by atoms with Crippen LogP contribution in [0.15, 0.2) is 24.5 Å². The summed E-state index contributed by atoms with van der Waals surface area (Å²) in [4.78, 5) is 14.7. The first-order chi connectivity index (χ1) is 6.66. The van der Waals surface area contributed by atoms with Crippen LogP contribution in [0.2, 0.25) is 0 Å². The molecule has 0 aliphatic heterocycles. The van der Waals surface area contributed by atoms with Gasteiger partial charge in [0.25, 0.3) is 0 Å². The molecule has 0 saturated carbocycles. The molecule has 0 aliphatic carbocycles. The number of aryl methyl sites for hydroxylation is 1. The molecule has 0 unspecified atom stereocenters. The van der Waals surface area contributed by atoms with Crippen molar-refractivity contribution in [2.75, 3.05) is 0 Å². The van der Waals surface area contributed by atoms with E-state index in [0.717, 1.165) is 16.6 Å². The maximum atomic E-state index is 10.5. The predicted octanol–water partition coefficient (Wildman–Crippen LogP) is 1.85. The first kappa shape index (κ1) is 11.5. The fourth-order valence-electron chi connectivity index (χ4n) is 1.44. The minimum atomic E-state index is -0.856. The minimum Gasteiger partial charge on any atom is -0.480 e. The highest BCUT2D eigenvalue weighted by Gasteiger charge is 2.05. The summed E-state index contributed by atoms with van der Waals surface area (Å²) in [5, 5.41) is 8.67. The largest absolute Gasteiger partial charge is 0.480 e. The Hall–Kier alpha value is -1.55. The van der Waals surface area contributed by atoms with Crippen LogP contribution in [0.25, 0.3) is 11.0 Å². The second-order valence-electron chi connectivity index (χ2n) is 3.26. The number of aromatic nitrogens is 2. The number of carbonyl (C=O) groups is 1. The Morgan fingerprint density at radius 1 is 1.53 bits per heavy atom. The normalized spacial score (nSPS) is 9.93. The third kappa shape index (κ3) is 2.27. The van der Waals surface area contributed by atoms with Gasteiger partial charge in [0.05, 0.1) is 17.4 Å². The van der Waals surface area contributed by atoms with Gasteiger partial charge in [-0.05, 0) is 24.6 Å². The van der Waals surface area contributed by atoms with Crippen molar-refractivity contribution < 1.29 is 9.90 Å². The topological polar surface area (TPSA) is 55.1 Å². The molecule has 1 aromatic carbocycles. The standard InChI is InChI=1S/C10H10N2O2.ClH/c1-7-2-3-8-9(4-7)12(6-11-8)5-10(13)14;/h2-4,6H,5H2,1H3,(H,13,14);1H. The van der Waals surface area contributed by atoms with E-state index in [1.165, 1.54) is 0 Å². The van der Waals surface area contributed by atoms with Crippen molar-refractivity contribution in [1.29, 1.82) is 0 Å². The predicted molar refractivity (Wildman–Crippen MR) is 59.4 cm³/mol. The highest BCUT2D eigenvalue weighted by Crippen LogP contribution is 2.14. The number of halogens is 1. The lowest BCUT2D eigenvalue weighted by Gasteiger charge is -1.99. The third-order valence-electron chi connectivity index (χ3n) is 2.08. The van der Waals surface area contributed by atoms with Gasteiger partial charge in [-0.1, -0.05) is 6.07 Å². The molecular weight excluding hydrogens is 216 g/mol. The number of nitrogens with zero attached hydrogens (tertiary/aromatic N) is 2. The zero-order chi connectivity index (χ0) is 10.1. The minimum absolute atomic E-state index is 0. The second-order valence-corrected chi connectivity index (χ2v) is 3.26. The van der Waals surface area contributed by atoms with E-state index in [9.17, 15) is 4.79 Å². The van der Waals surface area contributed by atoms with Gasteiger partial charge in [-0.25, -0.2) is 4.98 Å². The Balaban J connectivity index is 0.00000112. The number of imidazole rings is 1. The van der Waals surface area contributed by atoms with Crippen molar-refractivity contribution in [1.82, 2.24) is 9.55 Å². The Kier molecular flexibility index (Phi) is 3.31. The molecule has 1 heterocycles. The van der Waals surface area contributed by atoms with E-state index in [4.69, 9.17) is 5.11 Å². The lowest BCUT2D eigenvalue weighted by molar-refractivity contribution is -0.137. The summed E-state index contributed by atoms with van der Waals surface area (Å²) in [6.07, 6.45) is 1.55. The van der Waals surface area contributed by atoms with Crippen LogP contribution >= 0.6 is 12.4 Å². The number of hydrogen-bond acceptors (Lipinski definition) is 2. The summed E-state index contributed by atoms with van der Waals surface area (Å²) in [7, 11) is 0. The molecule has 0 bridgehead atoms. The van der Waals surface area contributed by atoms with Crippen molar-refractivity contribution >= 4 is 29.4 Å². The van der Waals surface area contributed by atoms with E-state index in [-0.39, 0.29) is 19.0 Å². The molecule has 2 aromatic rings. The quantitative estimate of drug-likeness (QED) is 0.850. The van der Waals surface area contributed by atoms with Crippen LogP contribution in [0, 0.1) is 6.92 Å². The maximum absolute atomic E-state index is 10.5. The smallest absolute Gasteiger partial charge is 0.323 e. The zero-order valence-corrected chi connectivity index (χ0v) is 8.99. The van der Waals surface area contributed by atoms with Gasteiger partial charge in [0.15, 0.2) is 0 Å². The Morgan fingerprint density at radius 3 is 2.93 bits per heavy atom. The van der Waals surface area contributed by atoms with Gasteiger partial charge in [0, 0.05) is 0 Å². The molecule has 0 saturated heterocycles. The summed E-state index contributed by atoms with van der Waals surface area (Å²) in [6, 6.07) is 5.79. The van der Waals surface area contributed by atoms with E-state index in [0.29, 0.717) is 0 Å². The second kappa shape index (κ2) is 4.31. The van der Waals surface area contributed by atoms with E-state index in [2.05, 4.69) is 4.98 Å². The van der Waals surface area contributed by atoms with Crippen LogP contribution < -0.4 is 0 Å². The molecule has 0 radical (unpaired) electrons. The van der Waals surface area contributed by atoms with Gasteiger partial charge in [0.2, 0.25) is 0 Å². The Morgan fingerprint density at radius 2 is 2.27 bits per heavy atom. The summed E-state index contributed by atoms with van der Waals surface area (Å²) < 4.78 is 1.63. The molecule has 15 heavy (non-hydrogen) atoms. The number of rotatable bonds is 2. The van der Waals surface area contributed by atoms with Crippen molar-refractivity contribution in [2.45, 2.75) is 13.5 Å². The maximum Gasteiger partial charge on any atom is 0.323 e. The van der Waals surface area contributed by atoms with Crippen LogP contribution in [-0.2, 0) is 11.3 Å². The van der Waals surface area contributed by atoms with E-state index in [1.807, 2.05) is 25.1 Å². The number of carboxylic acids is 1. The number of carboxylic acid groups (broad SMARTS) is 1. The average molecular weight is 227 g/mol. The molecule has 1 N–H and O–H groups in total. The molecule has 1 aromatic heterocycles. The van der Waals surface area contributed by atoms with Crippen LogP contribution in [0.5, 0.6) is 0 Å². The van der Waals surface area contributed by atoms with Crippen molar-refractivity contribution in [3.63, 3.8) is 0 Å². The fourth-order valence-corrected chi connectivity index (χ4v) is 1.44. The Labute approximate surface area is 93.0 Å². The monoisotopic (exact) mass is 226 g/mol. The van der Waals surface area contributed by atoms with Gasteiger partial charge < -0.3 is 9.67 Å². The molecule has 0 spiro atoms. The third-order valence-corrected chi connectivity index (χ3v) is 2.08. The Bertz CT molecular complexity index is 493. The molecule has 0 atom stereocenters. The van der Waals surface area contributed by atoms with Gasteiger partial charge in [-0.2, -0.15) is 0 Å². The van der Waals surface area contributed by atoms with Crippen LogP contribution in [-0.4, -0.2) is 20.6 Å². The lowest BCUT2D eigenvalue weighted by atomic mass is 10.2. The summed E-state index contributed by atoms with van der Waals surface area (Å²) in [6.45, 7) is 1.93. The molecule has 5 heteroatoms. The molecule has 80 valence electrons. The number of aliphatic carboxylic acids is 1. The molecule has 0 amide bonds. The zero-order valence-electron chi connectivity index (χ0n) is 8.17. The van der Waals surface area contributed by atoms with Gasteiger partial charge in [-0.15, -0.1) is 12.4 Å². The summed E-state index contributed by atoms with van der Waals surface area (Å²) >= 11 is 0. The highest BCUT2D eigenvalue weighted by atomic mass is 35.5. The molecule has 4 nitrogen and oxygen atoms in total. The SMILES string of the molecule is Cc1ccc2ncn(CC(=O)O)c2c1.Cl. The number of fused-ring (bicyclic) bond motifs is 1. The van der Waals surface area contributed by atoms with E-state index < -0.39 is 5.97 Å². The van der Waals surface area contributed by atoms with Gasteiger partial charge >= 0.3 is 5.97 Å². The fraction of sp³-hybridized carbons (Fsp3) is 0.200. The van der Waals surface area contributed by atoms with Crippen LogP contribution in [0.4, 0.5) is 0 Å². The molecule has 0 fully saturated rings. The lowest BCUT2D eigenvalue weighted by Crippen LogP contribution is -2.07. The van der Waals surface area contributed by atoms with Gasteiger partial charge in [-0.3, -0.25) is 4.79 Å². The number of benzene rings is 1. The van der Waals surface area contributed by atoms with Crippen LogP contribution in [0.3, 0.4) is 0 Å². The van der Waals surface area contributed by atoms with Crippen molar-refractivity contribution in [2.24, 2.45) is 0 Å². The molecule has 0 aliphatic rings. The van der Waals surface area contributed by atoms with E-state index >= 15 is 0 Å². The van der Waals surface area contributed by atoms with Crippen molar-refractivity contribution in [3.8, 4) is 0 Å². The highest BCUT2D eigenvalue weighted by molar-refractivity contribution is 5.85. The molecule has 2 rings (SSSR count). The van der Waals surface area contributed by atoms with E-state index in [1.54, 1.807) is 10.9 Å². The van der Waals surface area contributed by atoms with Gasteiger partial charge in [0.1, 0.15) is 6.54 Å². The summed E-state index contributed by atoms with van der Waals surface area (Å²) in [5.41, 5.74) is 2.80. The molecular formula is C10H11ClN2O2.